The lowest BCUT2D eigenvalue weighted by Gasteiger charge is -2.09. The van der Waals surface area contributed by atoms with E-state index in [-0.39, 0.29) is 28.3 Å². The highest BCUT2D eigenvalue weighted by Crippen LogP contribution is 2.39. The summed E-state index contributed by atoms with van der Waals surface area (Å²) in [7, 11) is 0. The molecule has 142 valence electrons. The number of carbonyl (C=O) groups excluding carboxylic acids is 1. The summed E-state index contributed by atoms with van der Waals surface area (Å²) < 4.78 is 41.2. The molecule has 1 fully saturated rings. The number of thiophene rings is 1. The van der Waals surface area contributed by atoms with Crippen LogP contribution in [0.1, 0.15) is 39.3 Å². The van der Waals surface area contributed by atoms with Gasteiger partial charge in [-0.15, -0.1) is 11.3 Å². The van der Waals surface area contributed by atoms with Gasteiger partial charge in [-0.05, 0) is 25.0 Å². The second-order valence-corrected chi connectivity index (χ2v) is 8.22. The molecule has 1 aliphatic carbocycles. The van der Waals surface area contributed by atoms with Gasteiger partial charge in [-0.3, -0.25) is 4.79 Å². The Morgan fingerprint density at radius 2 is 2.11 bits per heavy atom. The molecular formula is C16H14F3N5OS2. The first kappa shape index (κ1) is 18.4. The van der Waals surface area contributed by atoms with Gasteiger partial charge in [0, 0.05) is 11.4 Å². The SMILES string of the molecule is NCc1ccc(C(=O)CSc2nc(C(F)(F)F)nc3c2cnn3C2CC2)s1. The number of hydrogen-bond acceptors (Lipinski definition) is 7. The van der Waals surface area contributed by atoms with Crippen LogP contribution in [0.15, 0.2) is 23.4 Å². The highest BCUT2D eigenvalue weighted by Gasteiger charge is 2.37. The molecule has 0 unspecified atom stereocenters. The Bertz CT molecular complexity index is 1010. The van der Waals surface area contributed by atoms with Gasteiger partial charge >= 0.3 is 6.18 Å². The van der Waals surface area contributed by atoms with E-state index in [1.807, 2.05) is 0 Å². The number of hydrogen-bond donors (Lipinski definition) is 1. The van der Waals surface area contributed by atoms with Crippen LogP contribution in [0, 0.1) is 0 Å². The highest BCUT2D eigenvalue weighted by atomic mass is 32.2. The van der Waals surface area contributed by atoms with Gasteiger partial charge in [0.1, 0.15) is 5.03 Å². The Hall–Kier alpha value is -1.98. The lowest BCUT2D eigenvalue weighted by Crippen LogP contribution is -2.13. The molecule has 0 spiro atoms. The van der Waals surface area contributed by atoms with Crippen molar-refractivity contribution in [1.82, 2.24) is 19.7 Å². The van der Waals surface area contributed by atoms with Crippen LogP contribution in [0.5, 0.6) is 0 Å². The largest absolute Gasteiger partial charge is 0.451 e. The van der Waals surface area contributed by atoms with Crippen LogP contribution in [0.25, 0.3) is 11.0 Å². The van der Waals surface area contributed by atoms with E-state index in [4.69, 9.17) is 5.73 Å². The van der Waals surface area contributed by atoms with Gasteiger partial charge in [-0.25, -0.2) is 14.6 Å². The van der Waals surface area contributed by atoms with E-state index in [1.165, 1.54) is 22.2 Å². The predicted molar refractivity (Wildman–Crippen MR) is 95.9 cm³/mol. The molecule has 2 N–H and O–H groups in total. The first-order chi connectivity index (χ1) is 12.9. The van der Waals surface area contributed by atoms with Crippen molar-refractivity contribution >= 4 is 39.9 Å². The summed E-state index contributed by atoms with van der Waals surface area (Å²) in [5.41, 5.74) is 5.70. The average molecular weight is 413 g/mol. The lowest BCUT2D eigenvalue weighted by molar-refractivity contribution is -0.145. The molecule has 0 bridgehead atoms. The number of carbonyl (C=O) groups is 1. The normalized spacial score (nSPS) is 14.8. The Kier molecular flexibility index (Phi) is 4.68. The van der Waals surface area contributed by atoms with Gasteiger partial charge in [-0.2, -0.15) is 18.3 Å². The summed E-state index contributed by atoms with van der Waals surface area (Å²) >= 11 is 2.25. The third-order valence-corrected chi connectivity index (χ3v) is 6.18. The van der Waals surface area contributed by atoms with E-state index >= 15 is 0 Å². The molecular weight excluding hydrogens is 399 g/mol. The molecule has 0 amide bonds. The summed E-state index contributed by atoms with van der Waals surface area (Å²) in [6, 6.07) is 3.53. The molecule has 0 aromatic carbocycles. The van der Waals surface area contributed by atoms with Gasteiger partial charge in [0.2, 0.25) is 5.82 Å². The zero-order valence-electron chi connectivity index (χ0n) is 13.9. The molecule has 6 nitrogen and oxygen atoms in total. The van der Waals surface area contributed by atoms with Crippen LogP contribution >= 0.6 is 23.1 Å². The maximum atomic E-state index is 13.2. The summed E-state index contributed by atoms with van der Waals surface area (Å²) in [6.07, 6.45) is -1.47. The van der Waals surface area contributed by atoms with Gasteiger partial charge < -0.3 is 5.73 Å². The van der Waals surface area contributed by atoms with E-state index in [0.717, 1.165) is 29.5 Å². The average Bonchev–Trinajstić information content (AvgIpc) is 3.20. The maximum absolute atomic E-state index is 13.2. The van der Waals surface area contributed by atoms with Gasteiger partial charge in [0.15, 0.2) is 11.4 Å². The number of alkyl halides is 3. The van der Waals surface area contributed by atoms with E-state index in [9.17, 15) is 18.0 Å². The molecule has 1 saturated carbocycles. The Morgan fingerprint density at radius 1 is 1.33 bits per heavy atom. The number of nitrogens with two attached hydrogens (primary N) is 1. The van der Waals surface area contributed by atoms with Crippen molar-refractivity contribution in [3.8, 4) is 0 Å². The predicted octanol–water partition coefficient (Wildman–Crippen LogP) is 3.68. The minimum absolute atomic E-state index is 0.0253. The number of halogens is 3. The third kappa shape index (κ3) is 3.71. The highest BCUT2D eigenvalue weighted by molar-refractivity contribution is 8.00. The fourth-order valence-electron chi connectivity index (χ4n) is 2.57. The molecule has 0 saturated heterocycles. The number of fused-ring (bicyclic) bond motifs is 1. The molecule has 27 heavy (non-hydrogen) atoms. The standard InChI is InChI=1S/C16H14F3N5OS2/c17-16(18,19)15-22-13-10(6-21-24(13)8-1-2-8)14(23-15)26-7-11(25)12-4-3-9(5-20)27-12/h3-4,6,8H,1-2,5,7,20H2. The number of Topliss-reactive ketones (excluding diaryl/α,β-unsaturated/α-hetero) is 1. The second kappa shape index (κ2) is 6.88. The number of nitrogens with zero attached hydrogens (tertiary/aromatic N) is 4. The Morgan fingerprint density at radius 3 is 2.74 bits per heavy atom. The van der Waals surface area contributed by atoms with E-state index < -0.39 is 12.0 Å². The van der Waals surface area contributed by atoms with Gasteiger partial charge in [-0.1, -0.05) is 11.8 Å². The van der Waals surface area contributed by atoms with Crippen LogP contribution in [-0.4, -0.2) is 31.3 Å². The van der Waals surface area contributed by atoms with Crippen molar-refractivity contribution in [3.63, 3.8) is 0 Å². The minimum Gasteiger partial charge on any atom is -0.326 e. The Balaban J connectivity index is 1.64. The fourth-order valence-corrected chi connectivity index (χ4v) is 4.35. The molecule has 3 aromatic rings. The Labute approximate surface area is 160 Å². The molecule has 3 heterocycles. The van der Waals surface area contributed by atoms with Crippen molar-refractivity contribution in [1.29, 1.82) is 0 Å². The summed E-state index contributed by atoms with van der Waals surface area (Å²) in [4.78, 5) is 21.1. The van der Waals surface area contributed by atoms with Crippen molar-refractivity contribution in [2.24, 2.45) is 5.73 Å². The zero-order chi connectivity index (χ0) is 19.2. The summed E-state index contributed by atoms with van der Waals surface area (Å²) in [6.45, 7) is 0.340. The molecule has 11 heteroatoms. The minimum atomic E-state index is -4.67. The molecule has 0 aliphatic heterocycles. The van der Waals surface area contributed by atoms with Gasteiger partial charge in [0.05, 0.1) is 28.3 Å². The van der Waals surface area contributed by atoms with Crippen molar-refractivity contribution < 1.29 is 18.0 Å². The third-order valence-electron chi connectivity index (χ3n) is 4.04. The number of rotatable bonds is 6. The molecule has 0 atom stereocenters. The van der Waals surface area contributed by atoms with Crippen LogP contribution in [0.3, 0.4) is 0 Å². The monoisotopic (exact) mass is 413 g/mol. The van der Waals surface area contributed by atoms with E-state index in [1.54, 1.807) is 12.1 Å². The molecule has 1 aliphatic rings. The first-order valence-electron chi connectivity index (χ1n) is 8.14. The second-order valence-electron chi connectivity index (χ2n) is 6.09. The quantitative estimate of drug-likeness (QED) is 0.377. The number of ketones is 1. The first-order valence-corrected chi connectivity index (χ1v) is 9.94. The van der Waals surface area contributed by atoms with Crippen LogP contribution in [0.4, 0.5) is 13.2 Å². The van der Waals surface area contributed by atoms with Crippen molar-refractivity contribution in [2.75, 3.05) is 5.75 Å². The molecule has 4 rings (SSSR count). The van der Waals surface area contributed by atoms with Crippen molar-refractivity contribution in [3.05, 3.63) is 33.9 Å². The maximum Gasteiger partial charge on any atom is 0.451 e. The number of thioether (sulfide) groups is 1. The van der Waals surface area contributed by atoms with Gasteiger partial charge in [0.25, 0.3) is 0 Å². The smallest absolute Gasteiger partial charge is 0.326 e. The zero-order valence-corrected chi connectivity index (χ0v) is 15.5. The number of aromatic nitrogens is 4. The summed E-state index contributed by atoms with van der Waals surface area (Å²) in [5, 5.41) is 4.72. The molecule has 3 aromatic heterocycles. The van der Waals surface area contributed by atoms with Crippen LogP contribution in [-0.2, 0) is 12.7 Å². The topological polar surface area (TPSA) is 86.7 Å². The van der Waals surface area contributed by atoms with E-state index in [2.05, 4.69) is 15.1 Å². The van der Waals surface area contributed by atoms with E-state index in [0.29, 0.717) is 16.8 Å². The fraction of sp³-hybridized carbons (Fsp3) is 0.375. The lowest BCUT2D eigenvalue weighted by atomic mass is 10.3. The summed E-state index contributed by atoms with van der Waals surface area (Å²) in [5.74, 6) is -1.42. The van der Waals surface area contributed by atoms with Crippen LogP contribution < -0.4 is 5.73 Å². The molecule has 0 radical (unpaired) electrons. The van der Waals surface area contributed by atoms with Crippen LogP contribution in [0.2, 0.25) is 0 Å². The van der Waals surface area contributed by atoms with Crippen molar-refractivity contribution in [2.45, 2.75) is 36.6 Å².